The van der Waals surface area contributed by atoms with Crippen LogP contribution in [-0.2, 0) is 17.7 Å². The van der Waals surface area contributed by atoms with Gasteiger partial charge in [0.25, 0.3) is 0 Å². The van der Waals surface area contributed by atoms with E-state index >= 15 is 0 Å². The van der Waals surface area contributed by atoms with E-state index < -0.39 is 5.60 Å². The molecule has 0 radical (unpaired) electrons. The Hall–Kier alpha value is -2.45. The minimum atomic E-state index is -0.533. The highest BCUT2D eigenvalue weighted by atomic mass is 35.5. The van der Waals surface area contributed by atoms with E-state index in [1.807, 2.05) is 20.8 Å². The number of aromatic nitrogens is 3. The third kappa shape index (κ3) is 4.98. The van der Waals surface area contributed by atoms with E-state index in [4.69, 9.17) is 32.7 Å². The normalized spacial score (nSPS) is 18.6. The van der Waals surface area contributed by atoms with Crippen molar-refractivity contribution in [2.45, 2.75) is 64.1 Å². The van der Waals surface area contributed by atoms with Crippen LogP contribution in [0.5, 0.6) is 5.75 Å². The molecule has 1 saturated heterocycles. The molecule has 0 N–H and O–H groups in total. The van der Waals surface area contributed by atoms with Crippen LogP contribution in [0.1, 0.15) is 57.0 Å². The van der Waals surface area contributed by atoms with Crippen LogP contribution < -0.4 is 10.4 Å². The van der Waals surface area contributed by atoms with Gasteiger partial charge in [0.2, 0.25) is 0 Å². The summed E-state index contributed by atoms with van der Waals surface area (Å²) in [6.07, 6.45) is 3.21. The van der Waals surface area contributed by atoms with Crippen molar-refractivity contribution in [3.8, 4) is 5.75 Å². The third-order valence-corrected chi connectivity index (χ3v) is 6.93. The molecule has 10 heteroatoms. The van der Waals surface area contributed by atoms with Gasteiger partial charge in [-0.25, -0.2) is 14.3 Å². The predicted molar refractivity (Wildman–Crippen MR) is 131 cm³/mol. The van der Waals surface area contributed by atoms with Crippen LogP contribution in [0.3, 0.4) is 0 Å². The summed E-state index contributed by atoms with van der Waals surface area (Å²) in [6, 6.07) is 3.45. The van der Waals surface area contributed by atoms with Crippen LogP contribution in [0.15, 0.2) is 29.6 Å². The number of carbonyl (C=O) groups is 1. The largest absolute Gasteiger partial charge is 0.489 e. The van der Waals surface area contributed by atoms with Crippen LogP contribution in [-0.4, -0.2) is 50.6 Å². The average Bonchev–Trinajstić information content (AvgIpc) is 3.32. The topological polar surface area (TPSA) is 78.6 Å². The maximum Gasteiger partial charge on any atom is 0.410 e. The Kier molecular flexibility index (Phi) is 7.01. The second-order valence-corrected chi connectivity index (χ2v) is 10.5. The van der Waals surface area contributed by atoms with Crippen LogP contribution in [0, 0.1) is 0 Å². The van der Waals surface area contributed by atoms with Crippen molar-refractivity contribution < 1.29 is 14.3 Å². The zero-order chi connectivity index (χ0) is 24.6. The average molecular weight is 509 g/mol. The van der Waals surface area contributed by atoms with Gasteiger partial charge < -0.3 is 14.4 Å². The lowest BCUT2D eigenvalue weighted by atomic mass is 9.96. The quantitative estimate of drug-likeness (QED) is 0.540. The number of hydrogen-bond acceptors (Lipinski definition) is 5. The lowest BCUT2D eigenvalue weighted by Gasteiger charge is -2.33. The number of halogens is 2. The third-order valence-electron chi connectivity index (χ3n) is 6.11. The molecule has 1 aromatic heterocycles. The first-order valence-electron chi connectivity index (χ1n) is 11.5. The highest BCUT2D eigenvalue weighted by Crippen LogP contribution is 2.42. The zero-order valence-electron chi connectivity index (χ0n) is 19.7. The van der Waals surface area contributed by atoms with E-state index in [1.165, 1.54) is 0 Å². The highest BCUT2D eigenvalue weighted by molar-refractivity contribution is 6.42. The van der Waals surface area contributed by atoms with E-state index in [9.17, 15) is 9.59 Å². The molecule has 2 aliphatic heterocycles. The first-order valence-corrected chi connectivity index (χ1v) is 12.2. The first kappa shape index (κ1) is 24.7. The molecule has 3 heterocycles. The predicted octanol–water partition coefficient (Wildman–Crippen LogP) is 4.83. The summed E-state index contributed by atoms with van der Waals surface area (Å²) in [5.74, 6) is 1.29. The molecule has 8 nitrogen and oxygen atoms in total. The molecule has 1 atom stereocenters. The number of nitrogens with zero attached hydrogens (tertiary/aromatic N) is 4. The van der Waals surface area contributed by atoms with Crippen molar-refractivity contribution >= 4 is 29.3 Å². The minimum absolute atomic E-state index is 0.0519. The summed E-state index contributed by atoms with van der Waals surface area (Å²) >= 11 is 12.8. The SMILES string of the molecule is C=CCOc1ccc(Cl)c(Cl)c1C1Cc2nn(C3CCN(C(=O)OC(C)(C)C)CC3)c(=O)n2C1. The van der Waals surface area contributed by atoms with E-state index in [1.54, 1.807) is 32.4 Å². The molecular weight excluding hydrogens is 479 g/mol. The Morgan fingerprint density at radius 1 is 1.26 bits per heavy atom. The molecule has 1 amide bonds. The minimum Gasteiger partial charge on any atom is -0.489 e. The van der Waals surface area contributed by atoms with Gasteiger partial charge in [-0.2, -0.15) is 5.10 Å². The summed E-state index contributed by atoms with van der Waals surface area (Å²) in [4.78, 5) is 27.2. The Morgan fingerprint density at radius 3 is 2.59 bits per heavy atom. The second kappa shape index (κ2) is 9.66. The molecule has 0 bridgehead atoms. The fourth-order valence-electron chi connectivity index (χ4n) is 4.55. The second-order valence-electron chi connectivity index (χ2n) is 9.73. The standard InChI is InChI=1S/C24H30Cl2N4O4/c1-5-12-33-18-7-6-17(25)21(26)20(18)15-13-19-27-30(22(31)29(19)14-15)16-8-10-28(11-9-16)23(32)34-24(2,3)4/h5-7,15-16H,1,8-14H2,2-4H3. The van der Waals surface area contributed by atoms with Gasteiger partial charge in [0.1, 0.15) is 23.8 Å². The van der Waals surface area contributed by atoms with E-state index in [0.29, 0.717) is 61.3 Å². The van der Waals surface area contributed by atoms with E-state index in [-0.39, 0.29) is 23.7 Å². The molecule has 1 aromatic carbocycles. The number of rotatable bonds is 5. The number of fused-ring (bicyclic) bond motifs is 1. The molecule has 2 aliphatic rings. The maximum absolute atomic E-state index is 13.2. The maximum atomic E-state index is 13.2. The smallest absolute Gasteiger partial charge is 0.410 e. The fraction of sp³-hybridized carbons (Fsp3) is 0.542. The van der Waals surface area contributed by atoms with Gasteiger partial charge in [-0.3, -0.25) is 4.57 Å². The number of likely N-dealkylation sites (tertiary alicyclic amines) is 1. The summed E-state index contributed by atoms with van der Waals surface area (Å²) in [5.41, 5.74) is 0.118. The molecule has 1 unspecified atom stereocenters. The van der Waals surface area contributed by atoms with Crippen molar-refractivity contribution in [3.05, 3.63) is 56.7 Å². The molecule has 184 valence electrons. The first-order chi connectivity index (χ1) is 16.1. The lowest BCUT2D eigenvalue weighted by molar-refractivity contribution is 0.0183. The van der Waals surface area contributed by atoms with Crippen molar-refractivity contribution in [2.24, 2.45) is 0 Å². The van der Waals surface area contributed by atoms with Gasteiger partial charge >= 0.3 is 11.8 Å². The number of piperidine rings is 1. The summed E-state index contributed by atoms with van der Waals surface area (Å²) in [7, 11) is 0. The number of amides is 1. The van der Waals surface area contributed by atoms with Crippen LogP contribution in [0.2, 0.25) is 10.0 Å². The molecule has 0 aliphatic carbocycles. The van der Waals surface area contributed by atoms with Gasteiger partial charge in [0.15, 0.2) is 0 Å². The fourth-order valence-corrected chi connectivity index (χ4v) is 5.02. The monoisotopic (exact) mass is 508 g/mol. The van der Waals surface area contributed by atoms with Crippen LogP contribution >= 0.6 is 23.2 Å². The van der Waals surface area contributed by atoms with E-state index in [2.05, 4.69) is 11.7 Å². The molecule has 1 fully saturated rings. The van der Waals surface area contributed by atoms with Gasteiger partial charge in [-0.1, -0.05) is 35.9 Å². The van der Waals surface area contributed by atoms with Crippen molar-refractivity contribution in [1.29, 1.82) is 0 Å². The van der Waals surface area contributed by atoms with Crippen molar-refractivity contribution in [1.82, 2.24) is 19.2 Å². The zero-order valence-corrected chi connectivity index (χ0v) is 21.2. The molecule has 2 aromatic rings. The van der Waals surface area contributed by atoms with Crippen LogP contribution in [0.4, 0.5) is 4.79 Å². The number of benzene rings is 1. The molecule has 0 saturated carbocycles. The Bertz CT molecular complexity index is 1140. The molecule has 0 spiro atoms. The lowest BCUT2D eigenvalue weighted by Crippen LogP contribution is -2.43. The van der Waals surface area contributed by atoms with Crippen molar-refractivity contribution in [2.75, 3.05) is 19.7 Å². The Morgan fingerprint density at radius 2 is 1.97 bits per heavy atom. The Balaban J connectivity index is 1.47. The molecular formula is C24H30Cl2N4O4. The van der Waals surface area contributed by atoms with E-state index in [0.717, 1.165) is 11.4 Å². The Labute approximate surface area is 209 Å². The van der Waals surface area contributed by atoms with Gasteiger partial charge in [-0.15, -0.1) is 0 Å². The molecule has 4 rings (SSSR count). The van der Waals surface area contributed by atoms with Gasteiger partial charge in [0, 0.05) is 37.5 Å². The summed E-state index contributed by atoms with van der Waals surface area (Å²) in [5, 5.41) is 5.55. The molecule has 34 heavy (non-hydrogen) atoms. The van der Waals surface area contributed by atoms with Gasteiger partial charge in [-0.05, 0) is 45.7 Å². The number of carbonyl (C=O) groups excluding carboxylic acids is 1. The number of hydrogen-bond donors (Lipinski definition) is 0. The van der Waals surface area contributed by atoms with Crippen molar-refractivity contribution in [3.63, 3.8) is 0 Å². The van der Waals surface area contributed by atoms with Gasteiger partial charge in [0.05, 0.1) is 16.1 Å². The highest BCUT2D eigenvalue weighted by Gasteiger charge is 2.34. The summed E-state index contributed by atoms with van der Waals surface area (Å²) in [6.45, 7) is 11.1. The van der Waals surface area contributed by atoms with Crippen LogP contribution in [0.25, 0.3) is 0 Å². The number of ether oxygens (including phenoxy) is 2. The summed E-state index contributed by atoms with van der Waals surface area (Å²) < 4.78 is 14.5.